The summed E-state index contributed by atoms with van der Waals surface area (Å²) in [6, 6.07) is 0.805. The molecule has 2 N–H and O–H groups in total. The molecular weight excluding hydrogens is 304 g/mol. The Kier molecular flexibility index (Phi) is 6.19. The number of hydrogen-bond donors (Lipinski definition) is 2. The predicted octanol–water partition coefficient (Wildman–Crippen LogP) is 3.77. The van der Waals surface area contributed by atoms with E-state index in [-0.39, 0.29) is 11.6 Å². The van der Waals surface area contributed by atoms with Gasteiger partial charge in [0.25, 0.3) is 0 Å². The fourth-order valence-corrected chi connectivity index (χ4v) is 4.99. The van der Waals surface area contributed by atoms with Crippen molar-refractivity contribution in [2.75, 3.05) is 13.1 Å². The lowest BCUT2D eigenvalue weighted by Gasteiger charge is -2.57. The van der Waals surface area contributed by atoms with Crippen molar-refractivity contribution in [3.8, 4) is 0 Å². The number of amides is 1. The van der Waals surface area contributed by atoms with Crippen molar-refractivity contribution in [2.24, 2.45) is 0 Å². The molecule has 1 amide bonds. The van der Waals surface area contributed by atoms with Crippen LogP contribution in [-0.2, 0) is 4.74 Å². The van der Waals surface area contributed by atoms with Crippen molar-refractivity contribution in [1.29, 1.82) is 0 Å². The number of ether oxygens (including phenoxy) is 1. The fourth-order valence-electron chi connectivity index (χ4n) is 4.99. The van der Waals surface area contributed by atoms with Crippen molar-refractivity contribution in [1.82, 2.24) is 5.32 Å². The Bertz CT molecular complexity index is 415. The van der Waals surface area contributed by atoms with E-state index in [2.05, 4.69) is 39.9 Å². The van der Waals surface area contributed by atoms with Gasteiger partial charge in [-0.3, -0.25) is 0 Å². The van der Waals surface area contributed by atoms with Crippen LogP contribution in [0.2, 0.25) is 0 Å². The highest BCUT2D eigenvalue weighted by molar-refractivity contribution is 5.64. The maximum absolute atomic E-state index is 10.9. The van der Waals surface area contributed by atoms with Gasteiger partial charge in [0.05, 0.1) is 36.9 Å². The summed E-state index contributed by atoms with van der Waals surface area (Å²) in [5.41, 5.74) is 0.199. The number of nitrogens with one attached hydrogen (secondary N) is 1. The quantitative estimate of drug-likeness (QED) is 0.765. The highest BCUT2D eigenvalue weighted by Crippen LogP contribution is 2.40. The van der Waals surface area contributed by atoms with E-state index in [0.29, 0.717) is 18.2 Å². The summed E-state index contributed by atoms with van der Waals surface area (Å²) in [5.74, 6) is 0. The van der Waals surface area contributed by atoms with Gasteiger partial charge in [0.1, 0.15) is 0 Å². The molecule has 0 aromatic heterocycles. The normalized spacial score (nSPS) is 35.0. The van der Waals surface area contributed by atoms with E-state index in [1.165, 1.54) is 12.8 Å². The molecule has 5 nitrogen and oxygen atoms in total. The Morgan fingerprint density at radius 2 is 1.62 bits per heavy atom. The van der Waals surface area contributed by atoms with Crippen molar-refractivity contribution < 1.29 is 19.1 Å². The van der Waals surface area contributed by atoms with E-state index in [1.807, 2.05) is 0 Å². The number of nitrogens with zero attached hydrogens (tertiary/aromatic N) is 1. The van der Waals surface area contributed by atoms with Gasteiger partial charge in [-0.2, -0.15) is 0 Å². The van der Waals surface area contributed by atoms with Crippen molar-refractivity contribution in [3.05, 3.63) is 0 Å². The van der Waals surface area contributed by atoms with Crippen LogP contribution in [0, 0.1) is 0 Å². The molecule has 1 saturated carbocycles. The topological polar surface area (TPSA) is 58.6 Å². The predicted molar refractivity (Wildman–Crippen MR) is 96.2 cm³/mol. The molecule has 0 aromatic rings. The van der Waals surface area contributed by atoms with Crippen LogP contribution >= 0.6 is 0 Å². The second-order valence-corrected chi connectivity index (χ2v) is 8.99. The summed E-state index contributed by atoms with van der Waals surface area (Å²) >= 11 is 0. The van der Waals surface area contributed by atoms with Crippen molar-refractivity contribution in [3.63, 3.8) is 0 Å². The first-order valence-electron chi connectivity index (χ1n) is 9.66. The standard InChI is InChI=1S/C19H36N2O3/c1-14(2)24-17-8-6-16(7-9-17)21(19(3,4)5)12-10-15(11-13-21)20-18(22)23/h14-17,20H,6-13H2,1-5H3/p+1. The largest absolute Gasteiger partial charge is 0.465 e. The minimum Gasteiger partial charge on any atom is -0.465 e. The van der Waals surface area contributed by atoms with Crippen LogP contribution in [0.25, 0.3) is 0 Å². The van der Waals surface area contributed by atoms with Gasteiger partial charge in [0.2, 0.25) is 0 Å². The number of piperidine rings is 1. The fraction of sp³-hybridized carbons (Fsp3) is 0.947. The van der Waals surface area contributed by atoms with Gasteiger partial charge in [-0.25, -0.2) is 4.79 Å². The first-order valence-corrected chi connectivity index (χ1v) is 9.66. The van der Waals surface area contributed by atoms with Crippen LogP contribution in [0.4, 0.5) is 4.79 Å². The number of carbonyl (C=O) groups is 1. The third-order valence-corrected chi connectivity index (χ3v) is 6.22. The molecule has 1 heterocycles. The molecule has 1 aliphatic heterocycles. The SMILES string of the molecule is CC(C)OC1CCC([N+]2(C(C)(C)C)CCC(NC(=O)O)CC2)CC1. The van der Waals surface area contributed by atoms with Crippen LogP contribution in [0.3, 0.4) is 0 Å². The molecule has 140 valence electrons. The van der Waals surface area contributed by atoms with Crippen LogP contribution in [0.5, 0.6) is 0 Å². The summed E-state index contributed by atoms with van der Waals surface area (Å²) in [5, 5.41) is 11.7. The lowest BCUT2D eigenvalue weighted by molar-refractivity contribution is -0.997. The molecule has 0 radical (unpaired) electrons. The van der Waals surface area contributed by atoms with E-state index in [1.54, 1.807) is 0 Å². The van der Waals surface area contributed by atoms with Crippen LogP contribution in [-0.4, -0.2) is 58.6 Å². The smallest absolute Gasteiger partial charge is 0.404 e. The van der Waals surface area contributed by atoms with Gasteiger partial charge in [0, 0.05) is 31.7 Å². The molecule has 24 heavy (non-hydrogen) atoms. The van der Waals surface area contributed by atoms with Gasteiger partial charge in [0.15, 0.2) is 0 Å². The van der Waals surface area contributed by atoms with E-state index in [9.17, 15) is 4.79 Å². The highest BCUT2D eigenvalue weighted by atomic mass is 16.5. The zero-order chi connectivity index (χ0) is 18.0. The van der Waals surface area contributed by atoms with E-state index in [4.69, 9.17) is 9.84 Å². The summed E-state index contributed by atoms with van der Waals surface area (Å²) in [6.45, 7) is 13.5. The molecule has 0 aromatic carbocycles. The first-order chi connectivity index (χ1) is 11.1. The molecule has 2 aliphatic rings. The maximum Gasteiger partial charge on any atom is 0.404 e. The zero-order valence-electron chi connectivity index (χ0n) is 16.2. The Morgan fingerprint density at radius 3 is 2.04 bits per heavy atom. The minimum absolute atomic E-state index is 0.122. The molecule has 0 atom stereocenters. The monoisotopic (exact) mass is 341 g/mol. The molecule has 1 aliphatic carbocycles. The maximum atomic E-state index is 10.9. The van der Waals surface area contributed by atoms with Gasteiger partial charge >= 0.3 is 6.09 Å². The Balaban J connectivity index is 2.02. The molecular formula is C19H37N2O3+. The Labute approximate surface area is 147 Å². The lowest BCUT2D eigenvalue weighted by Crippen LogP contribution is -2.70. The summed E-state index contributed by atoms with van der Waals surface area (Å²) in [4.78, 5) is 10.9. The second-order valence-electron chi connectivity index (χ2n) is 8.99. The molecule has 1 saturated heterocycles. The average molecular weight is 342 g/mol. The number of likely N-dealkylation sites (tertiary alicyclic amines) is 1. The first kappa shape index (κ1) is 19.5. The van der Waals surface area contributed by atoms with Gasteiger partial charge in [-0.15, -0.1) is 0 Å². The van der Waals surface area contributed by atoms with Crippen LogP contribution < -0.4 is 5.32 Å². The van der Waals surface area contributed by atoms with Crippen molar-refractivity contribution >= 4 is 6.09 Å². The molecule has 0 spiro atoms. The molecule has 0 unspecified atom stereocenters. The van der Waals surface area contributed by atoms with E-state index < -0.39 is 6.09 Å². The van der Waals surface area contributed by atoms with Crippen molar-refractivity contribution in [2.45, 2.75) is 103 Å². The van der Waals surface area contributed by atoms with E-state index in [0.717, 1.165) is 43.3 Å². The molecule has 5 heteroatoms. The average Bonchev–Trinajstić information content (AvgIpc) is 2.46. The third-order valence-electron chi connectivity index (χ3n) is 6.22. The van der Waals surface area contributed by atoms with Gasteiger partial charge < -0.3 is 19.6 Å². The minimum atomic E-state index is -0.887. The molecule has 0 bridgehead atoms. The second kappa shape index (κ2) is 7.61. The zero-order valence-corrected chi connectivity index (χ0v) is 16.2. The number of quaternary nitrogens is 1. The lowest BCUT2D eigenvalue weighted by atomic mass is 9.83. The summed E-state index contributed by atoms with van der Waals surface area (Å²) < 4.78 is 7.16. The summed E-state index contributed by atoms with van der Waals surface area (Å²) in [6.07, 6.45) is 6.53. The molecule has 2 rings (SSSR count). The highest BCUT2D eigenvalue weighted by Gasteiger charge is 2.49. The van der Waals surface area contributed by atoms with Crippen LogP contribution in [0.1, 0.15) is 73.1 Å². The molecule has 2 fully saturated rings. The van der Waals surface area contributed by atoms with Crippen LogP contribution in [0.15, 0.2) is 0 Å². The summed E-state index contributed by atoms with van der Waals surface area (Å²) in [7, 11) is 0. The third kappa shape index (κ3) is 4.42. The number of carboxylic acid groups (broad SMARTS) is 1. The van der Waals surface area contributed by atoms with E-state index >= 15 is 0 Å². The number of hydrogen-bond acceptors (Lipinski definition) is 2. The van der Waals surface area contributed by atoms with Gasteiger partial charge in [-0.05, 0) is 47.5 Å². The Morgan fingerprint density at radius 1 is 1.08 bits per heavy atom. The van der Waals surface area contributed by atoms with Gasteiger partial charge in [-0.1, -0.05) is 0 Å². The number of rotatable bonds is 4. The Hall–Kier alpha value is -0.810.